The van der Waals surface area contributed by atoms with Gasteiger partial charge in [0.25, 0.3) is 5.91 Å². The Hall–Kier alpha value is -3.61. The molecule has 1 aromatic heterocycles. The normalized spacial score (nSPS) is 13.3. The summed E-state index contributed by atoms with van der Waals surface area (Å²) in [6.45, 7) is 1.43. The van der Waals surface area contributed by atoms with Crippen LogP contribution >= 0.6 is 0 Å². The summed E-state index contributed by atoms with van der Waals surface area (Å²) in [5.41, 5.74) is 2.16. The van der Waals surface area contributed by atoms with Crippen molar-refractivity contribution in [3.05, 3.63) is 59.8 Å². The summed E-state index contributed by atoms with van der Waals surface area (Å²) in [7, 11) is 0. The fraction of sp³-hybridized carbons (Fsp3) is 0.190. The van der Waals surface area contributed by atoms with E-state index < -0.39 is 11.9 Å². The van der Waals surface area contributed by atoms with Crippen LogP contribution in [0.3, 0.4) is 0 Å². The molecule has 142 valence electrons. The van der Waals surface area contributed by atoms with Crippen LogP contribution in [0, 0.1) is 0 Å². The van der Waals surface area contributed by atoms with Gasteiger partial charge in [0.05, 0.1) is 28.0 Å². The van der Waals surface area contributed by atoms with Crippen molar-refractivity contribution in [1.82, 2.24) is 4.57 Å². The first-order chi connectivity index (χ1) is 13.4. The number of rotatable bonds is 5. The lowest BCUT2D eigenvalue weighted by Gasteiger charge is -2.13. The minimum absolute atomic E-state index is 0.0859. The number of aromatic carboxylic acids is 1. The van der Waals surface area contributed by atoms with E-state index in [1.807, 2.05) is 0 Å². The molecule has 7 nitrogen and oxygen atoms in total. The van der Waals surface area contributed by atoms with Gasteiger partial charge in [0.2, 0.25) is 5.91 Å². The maximum absolute atomic E-state index is 13.0. The molecule has 0 atom stereocenters. The van der Waals surface area contributed by atoms with E-state index in [9.17, 15) is 19.5 Å². The van der Waals surface area contributed by atoms with E-state index in [0.717, 1.165) is 12.8 Å². The van der Waals surface area contributed by atoms with E-state index in [4.69, 9.17) is 0 Å². The molecule has 1 amide bonds. The van der Waals surface area contributed by atoms with Crippen molar-refractivity contribution in [2.75, 3.05) is 10.6 Å². The van der Waals surface area contributed by atoms with Crippen LogP contribution in [0.15, 0.2) is 48.7 Å². The van der Waals surface area contributed by atoms with E-state index in [2.05, 4.69) is 10.6 Å². The second kappa shape index (κ2) is 6.84. The lowest BCUT2D eigenvalue weighted by molar-refractivity contribution is 0.0696. The standard InChI is InChI=1S/C21H19N3O4/c1-12(25)24-11-16(15-4-2-3-5-19(15)24)20(26)23-18-10-13(21(27)28)6-9-17(18)22-14-7-8-14/h2-6,9-11,14,22H,7-8H2,1H3,(H,23,26)(H,27,28). The van der Waals surface area contributed by atoms with E-state index >= 15 is 0 Å². The summed E-state index contributed by atoms with van der Waals surface area (Å²) >= 11 is 0. The number of para-hydroxylation sites is 1. The van der Waals surface area contributed by atoms with Crippen LogP contribution in [-0.4, -0.2) is 33.5 Å². The highest BCUT2D eigenvalue weighted by Crippen LogP contribution is 2.31. The molecule has 0 radical (unpaired) electrons. The van der Waals surface area contributed by atoms with Crippen LogP contribution in [0.4, 0.5) is 11.4 Å². The van der Waals surface area contributed by atoms with Gasteiger partial charge < -0.3 is 15.7 Å². The maximum Gasteiger partial charge on any atom is 0.335 e. The van der Waals surface area contributed by atoms with Crippen molar-refractivity contribution in [3.63, 3.8) is 0 Å². The zero-order valence-corrected chi connectivity index (χ0v) is 15.2. The third-order valence-electron chi connectivity index (χ3n) is 4.75. The fourth-order valence-corrected chi connectivity index (χ4v) is 3.16. The number of nitrogens with zero attached hydrogens (tertiary/aromatic N) is 1. The Morgan fingerprint density at radius 3 is 2.50 bits per heavy atom. The summed E-state index contributed by atoms with van der Waals surface area (Å²) in [4.78, 5) is 36.2. The average Bonchev–Trinajstić information content (AvgIpc) is 3.39. The largest absolute Gasteiger partial charge is 0.478 e. The number of carboxylic acids is 1. The zero-order chi connectivity index (χ0) is 19.8. The number of nitrogens with one attached hydrogen (secondary N) is 2. The van der Waals surface area contributed by atoms with Gasteiger partial charge >= 0.3 is 5.97 Å². The first-order valence-corrected chi connectivity index (χ1v) is 9.00. The Labute approximate surface area is 161 Å². The van der Waals surface area contributed by atoms with Gasteiger partial charge in [-0.1, -0.05) is 18.2 Å². The highest BCUT2D eigenvalue weighted by Gasteiger charge is 2.23. The van der Waals surface area contributed by atoms with Crippen molar-refractivity contribution in [2.45, 2.75) is 25.8 Å². The van der Waals surface area contributed by atoms with Gasteiger partial charge in [-0.3, -0.25) is 14.2 Å². The third-order valence-corrected chi connectivity index (χ3v) is 4.75. The molecule has 4 rings (SSSR count). The smallest absolute Gasteiger partial charge is 0.335 e. The van der Waals surface area contributed by atoms with Crippen LogP contribution < -0.4 is 10.6 Å². The molecule has 2 aromatic carbocycles. The SMILES string of the molecule is CC(=O)n1cc(C(=O)Nc2cc(C(=O)O)ccc2NC2CC2)c2ccccc21. The Balaban J connectivity index is 1.72. The van der Waals surface area contributed by atoms with Crippen molar-refractivity contribution < 1.29 is 19.5 Å². The predicted molar refractivity (Wildman–Crippen MR) is 106 cm³/mol. The molecule has 0 aliphatic heterocycles. The van der Waals surface area contributed by atoms with Crippen LogP contribution in [0.1, 0.15) is 45.3 Å². The number of hydrogen-bond donors (Lipinski definition) is 3. The summed E-state index contributed by atoms with van der Waals surface area (Å²) in [6, 6.07) is 12.1. The van der Waals surface area contributed by atoms with Crippen molar-refractivity contribution in [3.8, 4) is 0 Å². The van der Waals surface area contributed by atoms with Crippen LogP contribution in [0.25, 0.3) is 10.9 Å². The van der Waals surface area contributed by atoms with Gasteiger partial charge in [-0.2, -0.15) is 0 Å². The van der Waals surface area contributed by atoms with Gasteiger partial charge in [-0.15, -0.1) is 0 Å². The van der Waals surface area contributed by atoms with E-state index in [-0.39, 0.29) is 11.5 Å². The number of hydrogen-bond acceptors (Lipinski definition) is 4. The number of anilines is 2. The minimum atomic E-state index is -1.07. The molecule has 1 aliphatic rings. The van der Waals surface area contributed by atoms with E-state index in [1.165, 1.54) is 29.8 Å². The van der Waals surface area contributed by atoms with Gasteiger partial charge in [0.15, 0.2) is 0 Å². The van der Waals surface area contributed by atoms with E-state index in [0.29, 0.717) is 33.9 Å². The van der Waals surface area contributed by atoms with Crippen LogP contribution in [0.2, 0.25) is 0 Å². The molecule has 3 aromatic rings. The fourth-order valence-electron chi connectivity index (χ4n) is 3.16. The molecule has 0 bridgehead atoms. The van der Waals surface area contributed by atoms with Crippen molar-refractivity contribution in [2.24, 2.45) is 0 Å². The second-order valence-electron chi connectivity index (χ2n) is 6.89. The number of fused-ring (bicyclic) bond motifs is 1. The Bertz CT molecular complexity index is 1110. The molecular weight excluding hydrogens is 358 g/mol. The van der Waals surface area contributed by atoms with Gasteiger partial charge in [0.1, 0.15) is 0 Å². The molecule has 0 spiro atoms. The first-order valence-electron chi connectivity index (χ1n) is 9.00. The third kappa shape index (κ3) is 3.34. The molecule has 1 saturated carbocycles. The quantitative estimate of drug-likeness (QED) is 0.627. The molecule has 1 aliphatic carbocycles. The molecule has 1 fully saturated rings. The molecule has 28 heavy (non-hydrogen) atoms. The monoisotopic (exact) mass is 377 g/mol. The Kier molecular flexibility index (Phi) is 4.35. The number of carbonyl (C=O) groups excluding carboxylic acids is 2. The minimum Gasteiger partial charge on any atom is -0.478 e. The summed E-state index contributed by atoms with van der Waals surface area (Å²) in [5.74, 6) is -1.67. The summed E-state index contributed by atoms with van der Waals surface area (Å²) in [5, 5.41) is 16.0. The van der Waals surface area contributed by atoms with Gasteiger partial charge in [-0.05, 0) is 37.1 Å². The summed E-state index contributed by atoms with van der Waals surface area (Å²) in [6.07, 6.45) is 3.59. The molecule has 1 heterocycles. The zero-order valence-electron chi connectivity index (χ0n) is 15.2. The van der Waals surface area contributed by atoms with Crippen LogP contribution in [0.5, 0.6) is 0 Å². The highest BCUT2D eigenvalue weighted by molar-refractivity contribution is 6.15. The van der Waals surface area contributed by atoms with Crippen molar-refractivity contribution in [1.29, 1.82) is 0 Å². The predicted octanol–water partition coefficient (Wildman–Crippen LogP) is 3.83. The number of carbonyl (C=O) groups is 3. The summed E-state index contributed by atoms with van der Waals surface area (Å²) < 4.78 is 1.43. The molecular formula is C21H19N3O4. The molecule has 0 saturated heterocycles. The van der Waals surface area contributed by atoms with Crippen molar-refractivity contribution >= 4 is 40.1 Å². The molecule has 3 N–H and O–H groups in total. The first kappa shape index (κ1) is 17.8. The number of amides is 1. The molecule has 0 unspecified atom stereocenters. The molecule has 7 heteroatoms. The average molecular weight is 377 g/mol. The van der Waals surface area contributed by atoms with E-state index in [1.54, 1.807) is 30.3 Å². The topological polar surface area (TPSA) is 100 Å². The maximum atomic E-state index is 13.0. The van der Waals surface area contributed by atoms with Crippen LogP contribution in [-0.2, 0) is 0 Å². The highest BCUT2D eigenvalue weighted by atomic mass is 16.4. The number of benzene rings is 2. The number of carboxylic acid groups (broad SMARTS) is 1. The van der Waals surface area contributed by atoms with Gasteiger partial charge in [-0.25, -0.2) is 4.79 Å². The Morgan fingerprint density at radius 1 is 1.07 bits per heavy atom. The second-order valence-corrected chi connectivity index (χ2v) is 6.89. The number of aromatic nitrogens is 1. The lowest BCUT2D eigenvalue weighted by Crippen LogP contribution is -2.15. The lowest BCUT2D eigenvalue weighted by atomic mass is 10.1. The Morgan fingerprint density at radius 2 is 1.82 bits per heavy atom. The van der Waals surface area contributed by atoms with Gasteiger partial charge in [0, 0.05) is 24.5 Å².